The smallest absolute Gasteiger partial charge is 0.230 e. The normalized spacial score (nSPS) is 20.4. The standard InChI is InChI=1S/C24H27N5O2/c1-28-15-25-13-22(28)17-7-10-20-21(12-17)29(14-18-4-3-11-26-23(18)27-20)24(30)16-5-8-19(31-2)9-6-16/h3-4,7,10-13,15-16,19H,5-6,8-9,14H2,1-2H3,(H,26,27). The number of rotatable bonds is 3. The van der Waals surface area contributed by atoms with E-state index in [1.54, 1.807) is 19.6 Å². The van der Waals surface area contributed by atoms with Crippen LogP contribution in [0.3, 0.4) is 0 Å². The Morgan fingerprint density at radius 1 is 1.19 bits per heavy atom. The summed E-state index contributed by atoms with van der Waals surface area (Å²) < 4.78 is 7.49. The van der Waals surface area contributed by atoms with Gasteiger partial charge < -0.3 is 19.5 Å². The van der Waals surface area contributed by atoms with E-state index < -0.39 is 0 Å². The third kappa shape index (κ3) is 3.70. The van der Waals surface area contributed by atoms with Gasteiger partial charge in [-0.3, -0.25) is 4.79 Å². The number of imidazole rings is 1. The van der Waals surface area contributed by atoms with Crippen LogP contribution >= 0.6 is 0 Å². The molecule has 3 heterocycles. The maximum Gasteiger partial charge on any atom is 0.230 e. The monoisotopic (exact) mass is 417 g/mol. The van der Waals surface area contributed by atoms with Crippen molar-refractivity contribution in [3.8, 4) is 11.3 Å². The number of amides is 1. The molecule has 7 heteroatoms. The predicted octanol–water partition coefficient (Wildman–Crippen LogP) is 4.28. The number of pyridine rings is 1. The van der Waals surface area contributed by atoms with E-state index in [9.17, 15) is 4.79 Å². The summed E-state index contributed by atoms with van der Waals surface area (Å²) in [5.74, 6) is 0.990. The molecule has 3 aromatic rings. The van der Waals surface area contributed by atoms with Crippen LogP contribution in [0.5, 0.6) is 0 Å². The summed E-state index contributed by atoms with van der Waals surface area (Å²) >= 11 is 0. The summed E-state index contributed by atoms with van der Waals surface area (Å²) in [7, 11) is 3.73. The number of ether oxygens (including phenoxy) is 1. The van der Waals surface area contributed by atoms with Crippen LogP contribution in [0, 0.1) is 5.92 Å². The lowest BCUT2D eigenvalue weighted by Gasteiger charge is -2.32. The molecule has 0 spiro atoms. The number of benzene rings is 1. The van der Waals surface area contributed by atoms with Crippen molar-refractivity contribution < 1.29 is 9.53 Å². The fourth-order valence-corrected chi connectivity index (χ4v) is 4.68. The van der Waals surface area contributed by atoms with Crippen molar-refractivity contribution >= 4 is 23.1 Å². The van der Waals surface area contributed by atoms with Crippen molar-refractivity contribution in [2.45, 2.75) is 38.3 Å². The lowest BCUT2D eigenvalue weighted by atomic mass is 9.86. The van der Waals surface area contributed by atoms with E-state index in [1.165, 1.54) is 0 Å². The molecular weight excluding hydrogens is 390 g/mol. The van der Waals surface area contributed by atoms with E-state index in [0.717, 1.165) is 59.7 Å². The highest BCUT2D eigenvalue weighted by molar-refractivity contribution is 6.00. The van der Waals surface area contributed by atoms with Gasteiger partial charge in [-0.2, -0.15) is 0 Å². The van der Waals surface area contributed by atoms with E-state index in [-0.39, 0.29) is 17.9 Å². The highest BCUT2D eigenvalue weighted by atomic mass is 16.5. The van der Waals surface area contributed by atoms with Crippen LogP contribution < -0.4 is 10.2 Å². The minimum absolute atomic E-state index is 0.0119. The molecule has 1 aliphatic carbocycles. The summed E-state index contributed by atoms with van der Waals surface area (Å²) in [5.41, 5.74) is 4.83. The first-order valence-electron chi connectivity index (χ1n) is 10.8. The molecule has 1 saturated carbocycles. The van der Waals surface area contributed by atoms with Crippen molar-refractivity contribution in [3.05, 3.63) is 54.6 Å². The Hall–Kier alpha value is -3.19. The van der Waals surface area contributed by atoms with Crippen LogP contribution in [0.2, 0.25) is 0 Å². The average molecular weight is 418 g/mol. The zero-order valence-electron chi connectivity index (χ0n) is 17.9. The van der Waals surface area contributed by atoms with Gasteiger partial charge in [0.05, 0.1) is 42.2 Å². The first kappa shape index (κ1) is 19.8. The van der Waals surface area contributed by atoms with Crippen LogP contribution in [0.25, 0.3) is 11.3 Å². The number of nitrogens with zero attached hydrogens (tertiary/aromatic N) is 4. The maximum absolute atomic E-state index is 13.8. The Bertz CT molecular complexity index is 1100. The maximum atomic E-state index is 13.8. The zero-order valence-corrected chi connectivity index (χ0v) is 17.9. The van der Waals surface area contributed by atoms with Gasteiger partial charge in [0.25, 0.3) is 0 Å². The zero-order chi connectivity index (χ0) is 21.4. The molecule has 0 radical (unpaired) electrons. The fraction of sp³-hybridized carbons (Fsp3) is 0.375. The second-order valence-corrected chi connectivity index (χ2v) is 8.39. The topological polar surface area (TPSA) is 72.3 Å². The van der Waals surface area contributed by atoms with E-state index in [0.29, 0.717) is 6.54 Å². The van der Waals surface area contributed by atoms with Gasteiger partial charge >= 0.3 is 0 Å². The number of aryl methyl sites for hydroxylation is 1. The fourth-order valence-electron chi connectivity index (χ4n) is 4.68. The number of hydrogen-bond acceptors (Lipinski definition) is 5. The van der Waals surface area contributed by atoms with Crippen molar-refractivity contribution in [3.63, 3.8) is 0 Å². The lowest BCUT2D eigenvalue weighted by molar-refractivity contribution is -0.124. The Morgan fingerprint density at radius 2 is 2.03 bits per heavy atom. The molecule has 5 rings (SSSR count). The number of methoxy groups -OCH3 is 1. The van der Waals surface area contributed by atoms with Crippen molar-refractivity contribution in [1.82, 2.24) is 14.5 Å². The second-order valence-electron chi connectivity index (χ2n) is 8.39. The first-order chi connectivity index (χ1) is 15.1. The molecule has 2 aromatic heterocycles. The van der Waals surface area contributed by atoms with Gasteiger partial charge in [0.2, 0.25) is 5.91 Å². The Morgan fingerprint density at radius 3 is 2.77 bits per heavy atom. The average Bonchev–Trinajstić information content (AvgIpc) is 3.16. The van der Waals surface area contributed by atoms with E-state index in [2.05, 4.69) is 27.4 Å². The summed E-state index contributed by atoms with van der Waals surface area (Å²) in [6.45, 7) is 0.501. The lowest BCUT2D eigenvalue weighted by Crippen LogP contribution is -2.38. The van der Waals surface area contributed by atoms with Gasteiger partial charge in [0.15, 0.2) is 0 Å². The van der Waals surface area contributed by atoms with E-state index >= 15 is 0 Å². The van der Waals surface area contributed by atoms with Gasteiger partial charge in [-0.05, 0) is 43.9 Å². The Labute approximate surface area is 182 Å². The molecule has 1 N–H and O–H groups in total. The first-order valence-corrected chi connectivity index (χ1v) is 10.8. The third-order valence-electron chi connectivity index (χ3n) is 6.50. The number of nitrogens with one attached hydrogen (secondary N) is 1. The molecule has 1 fully saturated rings. The van der Waals surface area contributed by atoms with Gasteiger partial charge in [-0.1, -0.05) is 12.1 Å². The molecule has 1 amide bonds. The molecule has 0 unspecified atom stereocenters. The highest BCUT2D eigenvalue weighted by Crippen LogP contribution is 2.39. The quantitative estimate of drug-likeness (QED) is 0.689. The number of hydrogen-bond donors (Lipinski definition) is 1. The van der Waals surface area contributed by atoms with Gasteiger partial charge in [0.1, 0.15) is 5.82 Å². The van der Waals surface area contributed by atoms with Crippen LogP contribution in [0.1, 0.15) is 31.2 Å². The van der Waals surface area contributed by atoms with E-state index in [4.69, 9.17) is 4.74 Å². The van der Waals surface area contributed by atoms with Crippen LogP contribution in [0.4, 0.5) is 17.2 Å². The molecule has 31 heavy (non-hydrogen) atoms. The van der Waals surface area contributed by atoms with Crippen LogP contribution in [0.15, 0.2) is 49.1 Å². The molecule has 7 nitrogen and oxygen atoms in total. The molecule has 1 aromatic carbocycles. The number of anilines is 3. The Kier molecular flexibility index (Phi) is 5.19. The minimum atomic E-state index is 0.0119. The van der Waals surface area contributed by atoms with Gasteiger partial charge in [-0.25, -0.2) is 9.97 Å². The van der Waals surface area contributed by atoms with E-state index in [1.807, 2.05) is 40.9 Å². The van der Waals surface area contributed by atoms with Crippen LogP contribution in [-0.2, 0) is 23.1 Å². The third-order valence-corrected chi connectivity index (χ3v) is 6.50. The minimum Gasteiger partial charge on any atom is -0.381 e. The van der Waals surface area contributed by atoms with Crippen molar-refractivity contribution in [2.75, 3.05) is 17.3 Å². The molecule has 0 bridgehead atoms. The predicted molar refractivity (Wildman–Crippen MR) is 120 cm³/mol. The highest BCUT2D eigenvalue weighted by Gasteiger charge is 2.33. The largest absolute Gasteiger partial charge is 0.381 e. The summed E-state index contributed by atoms with van der Waals surface area (Å²) in [6.07, 6.45) is 9.26. The molecular formula is C24H27N5O2. The van der Waals surface area contributed by atoms with Gasteiger partial charge in [-0.15, -0.1) is 0 Å². The summed E-state index contributed by atoms with van der Waals surface area (Å²) in [4.78, 5) is 24.5. The SMILES string of the molecule is COC1CCC(C(=O)N2Cc3cccnc3Nc3ccc(-c4cncn4C)cc32)CC1. The molecule has 2 aliphatic rings. The van der Waals surface area contributed by atoms with Gasteiger partial charge in [0, 0.05) is 37.4 Å². The number of carbonyl (C=O) groups excluding carboxylic acids is 1. The van der Waals surface area contributed by atoms with Crippen molar-refractivity contribution in [2.24, 2.45) is 13.0 Å². The molecule has 160 valence electrons. The van der Waals surface area contributed by atoms with Crippen LogP contribution in [-0.4, -0.2) is 33.7 Å². The number of carbonyl (C=O) groups is 1. The summed E-state index contributed by atoms with van der Waals surface area (Å²) in [5, 5.41) is 3.45. The molecule has 0 saturated heterocycles. The molecule has 1 aliphatic heterocycles. The Balaban J connectivity index is 1.55. The molecule has 0 atom stereocenters. The number of aromatic nitrogens is 3. The summed E-state index contributed by atoms with van der Waals surface area (Å²) in [6, 6.07) is 10.1. The number of fused-ring (bicyclic) bond motifs is 2. The van der Waals surface area contributed by atoms with Crippen molar-refractivity contribution in [1.29, 1.82) is 0 Å². The second kappa shape index (κ2) is 8.15.